The van der Waals surface area contributed by atoms with E-state index in [1.165, 1.54) is 11.1 Å². The summed E-state index contributed by atoms with van der Waals surface area (Å²) in [6.45, 7) is 4.71. The third kappa shape index (κ3) is 1.68. The van der Waals surface area contributed by atoms with Gasteiger partial charge >= 0.3 is 0 Å². The van der Waals surface area contributed by atoms with E-state index >= 15 is 0 Å². The lowest BCUT2D eigenvalue weighted by Crippen LogP contribution is -2.47. The highest BCUT2D eigenvalue weighted by Gasteiger charge is 2.26. The maximum atomic E-state index is 6.01. The van der Waals surface area contributed by atoms with E-state index in [0.29, 0.717) is 6.61 Å². The lowest BCUT2D eigenvalue weighted by atomic mass is 9.91. The SMILES string of the molecule is Cc1ccc2c(c1)OCC(C)(N)C2. The van der Waals surface area contributed by atoms with Gasteiger partial charge in [0.25, 0.3) is 0 Å². The molecule has 0 amide bonds. The summed E-state index contributed by atoms with van der Waals surface area (Å²) in [5.74, 6) is 1.00. The fraction of sp³-hybridized carbons (Fsp3) is 0.455. The summed E-state index contributed by atoms with van der Waals surface area (Å²) in [5.41, 5.74) is 8.26. The van der Waals surface area contributed by atoms with Crippen LogP contribution in [0.4, 0.5) is 0 Å². The standard InChI is InChI=1S/C11H15NO/c1-8-3-4-9-6-11(2,12)7-13-10(9)5-8/h3-5H,6-7,12H2,1-2H3. The highest BCUT2D eigenvalue weighted by Crippen LogP contribution is 2.28. The first kappa shape index (κ1) is 8.57. The highest BCUT2D eigenvalue weighted by atomic mass is 16.5. The van der Waals surface area contributed by atoms with E-state index in [1.807, 2.05) is 6.92 Å². The van der Waals surface area contributed by atoms with Crippen LogP contribution in [0, 0.1) is 6.92 Å². The number of nitrogens with two attached hydrogens (primary N) is 1. The topological polar surface area (TPSA) is 35.2 Å². The van der Waals surface area contributed by atoms with Crippen molar-refractivity contribution in [3.63, 3.8) is 0 Å². The fourth-order valence-corrected chi connectivity index (χ4v) is 1.67. The predicted molar refractivity (Wildman–Crippen MR) is 53.0 cm³/mol. The van der Waals surface area contributed by atoms with Gasteiger partial charge in [0.15, 0.2) is 0 Å². The zero-order valence-corrected chi connectivity index (χ0v) is 8.13. The Morgan fingerprint density at radius 2 is 2.23 bits per heavy atom. The summed E-state index contributed by atoms with van der Waals surface area (Å²) < 4.78 is 5.59. The average Bonchev–Trinajstić information content (AvgIpc) is 2.05. The monoisotopic (exact) mass is 177 g/mol. The van der Waals surface area contributed by atoms with E-state index in [9.17, 15) is 0 Å². The van der Waals surface area contributed by atoms with Crippen LogP contribution in [-0.4, -0.2) is 12.1 Å². The van der Waals surface area contributed by atoms with E-state index in [1.54, 1.807) is 0 Å². The average molecular weight is 177 g/mol. The van der Waals surface area contributed by atoms with Gasteiger partial charge in [-0.1, -0.05) is 12.1 Å². The van der Waals surface area contributed by atoms with Crippen LogP contribution < -0.4 is 10.5 Å². The first-order valence-corrected chi connectivity index (χ1v) is 4.58. The zero-order valence-electron chi connectivity index (χ0n) is 8.13. The van der Waals surface area contributed by atoms with Crippen molar-refractivity contribution in [1.29, 1.82) is 0 Å². The molecular weight excluding hydrogens is 162 g/mol. The van der Waals surface area contributed by atoms with Crippen LogP contribution in [0.25, 0.3) is 0 Å². The van der Waals surface area contributed by atoms with E-state index in [4.69, 9.17) is 10.5 Å². The summed E-state index contributed by atoms with van der Waals surface area (Å²) in [5, 5.41) is 0. The molecule has 0 radical (unpaired) electrons. The summed E-state index contributed by atoms with van der Waals surface area (Å²) in [7, 11) is 0. The molecule has 0 saturated heterocycles. The molecule has 0 aromatic heterocycles. The van der Waals surface area contributed by atoms with Crippen LogP contribution in [0.15, 0.2) is 18.2 Å². The third-order valence-electron chi connectivity index (χ3n) is 2.37. The van der Waals surface area contributed by atoms with Crippen molar-refractivity contribution in [2.45, 2.75) is 25.8 Å². The molecule has 2 nitrogen and oxygen atoms in total. The second-order valence-corrected chi connectivity index (χ2v) is 4.23. The molecule has 1 heterocycles. The van der Waals surface area contributed by atoms with Crippen molar-refractivity contribution in [1.82, 2.24) is 0 Å². The molecule has 1 aliphatic heterocycles. The molecule has 0 saturated carbocycles. The molecule has 2 N–H and O–H groups in total. The van der Waals surface area contributed by atoms with E-state index < -0.39 is 0 Å². The number of aryl methyl sites for hydroxylation is 1. The van der Waals surface area contributed by atoms with Crippen LogP contribution in [-0.2, 0) is 6.42 Å². The van der Waals surface area contributed by atoms with E-state index in [-0.39, 0.29) is 5.54 Å². The Bertz CT molecular complexity index is 331. The lowest BCUT2D eigenvalue weighted by molar-refractivity contribution is 0.204. The Morgan fingerprint density at radius 3 is 3.00 bits per heavy atom. The van der Waals surface area contributed by atoms with Crippen molar-refractivity contribution >= 4 is 0 Å². The van der Waals surface area contributed by atoms with Gasteiger partial charge in [-0.2, -0.15) is 0 Å². The Balaban J connectivity index is 2.37. The molecule has 1 aromatic rings. The second-order valence-electron chi connectivity index (χ2n) is 4.23. The molecule has 2 heteroatoms. The smallest absolute Gasteiger partial charge is 0.122 e. The number of hydrogen-bond donors (Lipinski definition) is 1. The van der Waals surface area contributed by atoms with Gasteiger partial charge in [0.1, 0.15) is 12.4 Å². The first-order chi connectivity index (χ1) is 6.07. The molecule has 1 unspecified atom stereocenters. The predicted octanol–water partition coefficient (Wildman–Crippen LogP) is 1.65. The minimum atomic E-state index is -0.206. The second kappa shape index (κ2) is 2.74. The maximum Gasteiger partial charge on any atom is 0.122 e. The van der Waals surface area contributed by atoms with Crippen molar-refractivity contribution < 1.29 is 4.74 Å². The molecule has 0 fully saturated rings. The summed E-state index contributed by atoms with van der Waals surface area (Å²) in [4.78, 5) is 0. The molecule has 0 bridgehead atoms. The van der Waals surface area contributed by atoms with Crippen LogP contribution in [0.2, 0.25) is 0 Å². The molecule has 1 atom stereocenters. The maximum absolute atomic E-state index is 6.01. The summed E-state index contributed by atoms with van der Waals surface area (Å²) >= 11 is 0. The Kier molecular flexibility index (Phi) is 1.81. The Hall–Kier alpha value is -1.02. The van der Waals surface area contributed by atoms with Gasteiger partial charge in [-0.3, -0.25) is 0 Å². The largest absolute Gasteiger partial charge is 0.491 e. The summed E-state index contributed by atoms with van der Waals surface area (Å²) in [6.07, 6.45) is 0.905. The molecule has 1 aromatic carbocycles. The molecule has 2 rings (SSSR count). The quantitative estimate of drug-likeness (QED) is 0.654. The van der Waals surface area contributed by atoms with Crippen LogP contribution in [0.1, 0.15) is 18.1 Å². The number of fused-ring (bicyclic) bond motifs is 1. The molecule has 1 aliphatic rings. The van der Waals surface area contributed by atoms with Gasteiger partial charge in [0.2, 0.25) is 0 Å². The van der Waals surface area contributed by atoms with Crippen LogP contribution in [0.5, 0.6) is 5.75 Å². The zero-order chi connectivity index (χ0) is 9.47. The van der Waals surface area contributed by atoms with Crippen molar-refractivity contribution in [2.75, 3.05) is 6.61 Å². The Labute approximate surface area is 78.7 Å². The molecule has 13 heavy (non-hydrogen) atoms. The molecule has 0 aliphatic carbocycles. The van der Waals surface area contributed by atoms with E-state index in [0.717, 1.165) is 12.2 Å². The van der Waals surface area contributed by atoms with Gasteiger partial charge < -0.3 is 10.5 Å². The Morgan fingerprint density at radius 1 is 1.46 bits per heavy atom. The van der Waals surface area contributed by atoms with Gasteiger partial charge in [0.05, 0.1) is 5.54 Å². The first-order valence-electron chi connectivity index (χ1n) is 4.58. The van der Waals surface area contributed by atoms with E-state index in [2.05, 4.69) is 25.1 Å². The molecular formula is C11H15NO. The number of hydrogen-bond acceptors (Lipinski definition) is 2. The van der Waals surface area contributed by atoms with Crippen molar-refractivity contribution in [2.24, 2.45) is 5.73 Å². The summed E-state index contributed by atoms with van der Waals surface area (Å²) in [6, 6.07) is 6.28. The normalized spacial score (nSPS) is 26.4. The van der Waals surface area contributed by atoms with Gasteiger partial charge in [-0.25, -0.2) is 0 Å². The number of rotatable bonds is 0. The molecule has 0 spiro atoms. The van der Waals surface area contributed by atoms with Crippen molar-refractivity contribution in [3.05, 3.63) is 29.3 Å². The molecule has 70 valence electrons. The van der Waals surface area contributed by atoms with Gasteiger partial charge in [-0.15, -0.1) is 0 Å². The minimum absolute atomic E-state index is 0.206. The van der Waals surface area contributed by atoms with Crippen molar-refractivity contribution in [3.8, 4) is 5.75 Å². The van der Waals surface area contributed by atoms with Crippen LogP contribution >= 0.6 is 0 Å². The third-order valence-corrected chi connectivity index (χ3v) is 2.37. The number of benzene rings is 1. The van der Waals surface area contributed by atoms with Crippen LogP contribution in [0.3, 0.4) is 0 Å². The fourth-order valence-electron chi connectivity index (χ4n) is 1.67. The lowest BCUT2D eigenvalue weighted by Gasteiger charge is -2.31. The number of ether oxygens (including phenoxy) is 1. The minimum Gasteiger partial charge on any atom is -0.491 e. The highest BCUT2D eigenvalue weighted by molar-refractivity contribution is 5.39. The van der Waals surface area contributed by atoms with Gasteiger partial charge in [-0.05, 0) is 37.5 Å². The van der Waals surface area contributed by atoms with Gasteiger partial charge in [0, 0.05) is 0 Å².